The fraction of sp³-hybridized carbons (Fsp3) is 0.650. The number of aliphatic carboxylic acids is 1. The van der Waals surface area contributed by atoms with Crippen molar-refractivity contribution < 1.29 is 28.3 Å². The van der Waals surface area contributed by atoms with E-state index in [0.29, 0.717) is 12.0 Å². The molecule has 1 saturated carbocycles. The van der Waals surface area contributed by atoms with E-state index in [9.17, 15) is 22.9 Å². The first-order valence-corrected chi connectivity index (χ1v) is 10.7. The monoisotopic (exact) mass is 398 g/mol. The van der Waals surface area contributed by atoms with Gasteiger partial charge in [-0.2, -0.15) is 8.42 Å². The van der Waals surface area contributed by atoms with Crippen molar-refractivity contribution in [1.29, 1.82) is 0 Å². The fourth-order valence-electron chi connectivity index (χ4n) is 5.45. The third-order valence-electron chi connectivity index (χ3n) is 6.87. The van der Waals surface area contributed by atoms with E-state index >= 15 is 0 Å². The molecule has 2 aliphatic rings. The predicted octanol–water partition coefficient (Wildman–Crippen LogP) is 3.33. The highest BCUT2D eigenvalue weighted by atomic mass is 32.2. The zero-order valence-corrected chi connectivity index (χ0v) is 17.2. The van der Waals surface area contributed by atoms with Crippen LogP contribution in [0.15, 0.2) is 17.0 Å². The zero-order valence-electron chi connectivity index (χ0n) is 16.4. The summed E-state index contributed by atoms with van der Waals surface area (Å²) in [7, 11) is -4.34. The van der Waals surface area contributed by atoms with Gasteiger partial charge in [0.05, 0.1) is 10.3 Å². The van der Waals surface area contributed by atoms with Crippen molar-refractivity contribution in [1.82, 2.24) is 0 Å². The Kier molecular flexibility index (Phi) is 5.56. The lowest BCUT2D eigenvalue weighted by Crippen LogP contribution is -2.52. The zero-order chi connectivity index (χ0) is 19.5. The Morgan fingerprint density at radius 2 is 1.85 bits per heavy atom. The van der Waals surface area contributed by atoms with Gasteiger partial charge in [-0.3, -0.25) is 9.35 Å². The molecule has 4 N–H and O–H groups in total. The maximum absolute atomic E-state index is 12.0. The molecule has 0 bridgehead atoms. The molecule has 1 aromatic rings. The molecule has 0 radical (unpaired) electrons. The predicted molar refractivity (Wildman–Crippen MR) is 103 cm³/mol. The Labute approximate surface area is 161 Å². The summed E-state index contributed by atoms with van der Waals surface area (Å²) in [6, 6.07) is 3.54. The summed E-state index contributed by atoms with van der Waals surface area (Å²) in [6.45, 7) is 7.71. The summed E-state index contributed by atoms with van der Waals surface area (Å²) in [6.07, 6.45) is 3.80. The fourth-order valence-corrected chi connectivity index (χ4v) is 6.31. The number of fused-ring (bicyclic) bond motifs is 3. The van der Waals surface area contributed by atoms with Gasteiger partial charge in [-0.05, 0) is 72.6 Å². The molecule has 0 spiro atoms. The average Bonchev–Trinajstić information content (AvgIpc) is 2.52. The highest BCUT2D eigenvalue weighted by Gasteiger charge is 2.55. The minimum absolute atomic E-state index is 0. The van der Waals surface area contributed by atoms with Gasteiger partial charge >= 0.3 is 5.97 Å². The molecule has 0 saturated heterocycles. The summed E-state index contributed by atoms with van der Waals surface area (Å²) >= 11 is 0. The van der Waals surface area contributed by atoms with Crippen molar-refractivity contribution in [2.75, 3.05) is 0 Å². The number of carboxylic acid groups (broad SMARTS) is 1. The molecule has 0 amide bonds. The second-order valence-electron chi connectivity index (χ2n) is 8.76. The van der Waals surface area contributed by atoms with E-state index < -0.39 is 26.9 Å². The Morgan fingerprint density at radius 1 is 1.22 bits per heavy atom. The van der Waals surface area contributed by atoms with Gasteiger partial charge < -0.3 is 10.6 Å². The Bertz CT molecular complexity index is 859. The van der Waals surface area contributed by atoms with Crippen molar-refractivity contribution in [2.24, 2.45) is 11.3 Å². The summed E-state index contributed by atoms with van der Waals surface area (Å²) < 4.78 is 33.8. The Balaban J connectivity index is 0.00000261. The van der Waals surface area contributed by atoms with Crippen molar-refractivity contribution in [3.63, 3.8) is 0 Å². The first-order chi connectivity index (χ1) is 11.9. The van der Waals surface area contributed by atoms with Crippen LogP contribution in [-0.2, 0) is 26.7 Å². The molecule has 0 heterocycles. The van der Waals surface area contributed by atoms with E-state index in [2.05, 4.69) is 6.92 Å². The minimum Gasteiger partial charge on any atom is -0.481 e. The average molecular weight is 399 g/mol. The number of benzene rings is 1. The molecule has 3 rings (SSSR count). The first kappa shape index (κ1) is 21.9. The molecule has 1 fully saturated rings. The Morgan fingerprint density at radius 3 is 2.37 bits per heavy atom. The molecule has 0 aromatic heterocycles. The van der Waals surface area contributed by atoms with E-state index in [0.717, 1.165) is 36.8 Å². The molecule has 0 aliphatic heterocycles. The maximum atomic E-state index is 12.0. The van der Waals surface area contributed by atoms with Crippen LogP contribution in [0.1, 0.15) is 76.0 Å². The van der Waals surface area contributed by atoms with Crippen LogP contribution < -0.4 is 0 Å². The van der Waals surface area contributed by atoms with Gasteiger partial charge in [-0.25, -0.2) is 0 Å². The molecule has 7 heteroatoms. The van der Waals surface area contributed by atoms with Crippen molar-refractivity contribution in [3.8, 4) is 0 Å². The van der Waals surface area contributed by atoms with Crippen LogP contribution in [0.5, 0.6) is 0 Å². The summed E-state index contributed by atoms with van der Waals surface area (Å²) in [5, 5.41) is 9.86. The van der Waals surface area contributed by atoms with Crippen molar-refractivity contribution in [2.45, 2.75) is 76.0 Å². The number of hydrogen-bond donors (Lipinski definition) is 2. The van der Waals surface area contributed by atoms with Crippen LogP contribution in [0.2, 0.25) is 0 Å². The molecule has 6 nitrogen and oxygen atoms in total. The Hall–Kier alpha value is -1.44. The summed E-state index contributed by atoms with van der Waals surface area (Å²) in [5.74, 6) is -0.850. The first-order valence-electron chi connectivity index (χ1n) is 9.29. The third-order valence-corrected chi connectivity index (χ3v) is 7.78. The molecule has 152 valence electrons. The second kappa shape index (κ2) is 6.87. The van der Waals surface area contributed by atoms with Crippen LogP contribution in [0.3, 0.4) is 0 Å². The van der Waals surface area contributed by atoms with Crippen LogP contribution >= 0.6 is 0 Å². The van der Waals surface area contributed by atoms with E-state index in [1.807, 2.05) is 26.8 Å². The molecular weight excluding hydrogens is 368 g/mol. The number of carboxylic acids is 1. The lowest BCUT2D eigenvalue weighted by molar-refractivity contribution is -0.157. The molecule has 27 heavy (non-hydrogen) atoms. The third kappa shape index (κ3) is 3.30. The van der Waals surface area contributed by atoms with Crippen molar-refractivity contribution >= 4 is 16.1 Å². The van der Waals surface area contributed by atoms with Crippen LogP contribution in [0, 0.1) is 11.3 Å². The van der Waals surface area contributed by atoms with E-state index in [1.54, 1.807) is 6.07 Å². The van der Waals surface area contributed by atoms with Crippen molar-refractivity contribution in [3.05, 3.63) is 28.8 Å². The topological polar surface area (TPSA) is 123 Å². The highest BCUT2D eigenvalue weighted by Crippen LogP contribution is 2.57. The van der Waals surface area contributed by atoms with Gasteiger partial charge in [-0.15, -0.1) is 0 Å². The summed E-state index contributed by atoms with van der Waals surface area (Å²) in [5.41, 5.74) is 1.42. The van der Waals surface area contributed by atoms with E-state index in [-0.39, 0.29) is 22.2 Å². The molecular formula is C20H30O6S. The van der Waals surface area contributed by atoms with Gasteiger partial charge in [0.2, 0.25) is 0 Å². The smallest absolute Gasteiger partial charge is 0.309 e. The van der Waals surface area contributed by atoms with Crippen LogP contribution in [-0.4, -0.2) is 29.5 Å². The molecule has 3 unspecified atom stereocenters. The van der Waals surface area contributed by atoms with Gasteiger partial charge in [0, 0.05) is 0 Å². The number of aryl methyl sites for hydroxylation is 1. The quantitative estimate of drug-likeness (QED) is 0.756. The van der Waals surface area contributed by atoms with E-state index in [1.165, 1.54) is 0 Å². The second-order valence-corrected chi connectivity index (χ2v) is 10.2. The van der Waals surface area contributed by atoms with Gasteiger partial charge in [0.1, 0.15) is 0 Å². The molecule has 1 aromatic carbocycles. The largest absolute Gasteiger partial charge is 0.481 e. The van der Waals surface area contributed by atoms with Gasteiger partial charge in [-0.1, -0.05) is 33.3 Å². The molecule has 2 aliphatic carbocycles. The van der Waals surface area contributed by atoms with Crippen LogP contribution in [0.25, 0.3) is 0 Å². The minimum atomic E-state index is -4.34. The van der Waals surface area contributed by atoms with Gasteiger partial charge in [0.15, 0.2) is 0 Å². The van der Waals surface area contributed by atoms with E-state index in [4.69, 9.17) is 0 Å². The lowest BCUT2D eigenvalue weighted by Gasteiger charge is -2.53. The highest BCUT2D eigenvalue weighted by molar-refractivity contribution is 7.85. The molecule has 3 atom stereocenters. The lowest BCUT2D eigenvalue weighted by atomic mass is 9.50. The number of rotatable bonds is 3. The van der Waals surface area contributed by atoms with Gasteiger partial charge in [0.25, 0.3) is 10.1 Å². The SMILES string of the molecule is CC(C)c1cc2c(cc1S(=O)(=O)O)C1(C)CCCC(C)(C(=O)O)C1CC2.O. The number of carbonyl (C=O) groups is 1. The normalized spacial score (nSPS) is 30.2. The maximum Gasteiger partial charge on any atom is 0.309 e. The number of hydrogen-bond acceptors (Lipinski definition) is 3. The van der Waals surface area contributed by atoms with Crippen LogP contribution in [0.4, 0.5) is 0 Å². The summed E-state index contributed by atoms with van der Waals surface area (Å²) in [4.78, 5) is 12.0. The standard InChI is InChI=1S/C20H28O5S.H2O/c1-12(2)14-10-13-6-7-17-19(3,8-5-9-20(17,4)18(21)22)15(13)11-16(14)26(23,24)25;/h10-12,17H,5-9H2,1-4H3,(H,21,22)(H,23,24,25);1H2.